The Morgan fingerprint density at radius 2 is 2.18 bits per heavy atom. The van der Waals surface area contributed by atoms with E-state index >= 15 is 0 Å². The van der Waals surface area contributed by atoms with Crippen molar-refractivity contribution < 1.29 is 5.11 Å². The lowest BCUT2D eigenvalue weighted by Gasteiger charge is -1.98. The van der Waals surface area contributed by atoms with Gasteiger partial charge in [0.15, 0.2) is 0 Å². The fraction of sp³-hybridized carbons (Fsp3) is 0.250. The first-order valence-electron chi connectivity index (χ1n) is 3.39. The van der Waals surface area contributed by atoms with E-state index in [0.29, 0.717) is 5.56 Å². The van der Waals surface area contributed by atoms with E-state index in [4.69, 9.17) is 5.11 Å². The standard InChI is InChI=1S/C8H10N2O/c1-3-4-7-6(2)8(11)10-5-9-7/h3-5H,1-2H3,(H,9,10,11)/b4-3-. The Labute approximate surface area is 65.4 Å². The molecule has 0 aliphatic rings. The van der Waals surface area contributed by atoms with Crippen molar-refractivity contribution in [3.8, 4) is 5.88 Å². The van der Waals surface area contributed by atoms with Crippen LogP contribution in [-0.2, 0) is 0 Å². The van der Waals surface area contributed by atoms with E-state index in [1.807, 2.05) is 19.1 Å². The normalized spacial score (nSPS) is 10.7. The van der Waals surface area contributed by atoms with Crippen LogP contribution in [0.4, 0.5) is 0 Å². The molecule has 1 aromatic rings. The largest absolute Gasteiger partial charge is 0.493 e. The first kappa shape index (κ1) is 7.72. The Hall–Kier alpha value is -1.38. The van der Waals surface area contributed by atoms with Crippen molar-refractivity contribution in [1.82, 2.24) is 9.97 Å². The minimum atomic E-state index is 0.0492. The molecule has 0 aliphatic carbocycles. The maximum atomic E-state index is 9.14. The van der Waals surface area contributed by atoms with Crippen LogP contribution in [0.3, 0.4) is 0 Å². The van der Waals surface area contributed by atoms with E-state index in [-0.39, 0.29) is 5.88 Å². The maximum absolute atomic E-state index is 9.14. The molecule has 0 amide bonds. The Balaban J connectivity index is 3.16. The Morgan fingerprint density at radius 3 is 2.82 bits per heavy atom. The van der Waals surface area contributed by atoms with Crippen molar-refractivity contribution in [2.75, 3.05) is 0 Å². The number of rotatable bonds is 1. The lowest BCUT2D eigenvalue weighted by molar-refractivity contribution is 0.447. The molecular formula is C8H10N2O. The molecule has 1 aromatic heterocycles. The first-order chi connectivity index (χ1) is 5.25. The summed E-state index contributed by atoms with van der Waals surface area (Å²) < 4.78 is 0. The van der Waals surface area contributed by atoms with Crippen LogP contribution in [0.2, 0.25) is 0 Å². The van der Waals surface area contributed by atoms with Crippen LogP contribution in [0.25, 0.3) is 6.08 Å². The van der Waals surface area contributed by atoms with Gasteiger partial charge in [0.25, 0.3) is 0 Å². The predicted molar refractivity (Wildman–Crippen MR) is 43.1 cm³/mol. The Morgan fingerprint density at radius 1 is 1.45 bits per heavy atom. The van der Waals surface area contributed by atoms with Crippen LogP contribution in [0.5, 0.6) is 5.88 Å². The summed E-state index contributed by atoms with van der Waals surface area (Å²) in [5, 5.41) is 9.14. The van der Waals surface area contributed by atoms with E-state index in [1.165, 1.54) is 6.33 Å². The second-order valence-corrected chi connectivity index (χ2v) is 2.21. The zero-order chi connectivity index (χ0) is 8.27. The molecule has 3 heteroatoms. The summed E-state index contributed by atoms with van der Waals surface area (Å²) in [6, 6.07) is 0. The molecule has 0 saturated carbocycles. The van der Waals surface area contributed by atoms with E-state index in [0.717, 1.165) is 5.69 Å². The highest BCUT2D eigenvalue weighted by molar-refractivity contribution is 5.50. The second-order valence-electron chi connectivity index (χ2n) is 2.21. The lowest BCUT2D eigenvalue weighted by Crippen LogP contribution is -1.88. The van der Waals surface area contributed by atoms with Gasteiger partial charge in [0.1, 0.15) is 6.33 Å². The molecule has 0 saturated heterocycles. The molecule has 0 bridgehead atoms. The summed E-state index contributed by atoms with van der Waals surface area (Å²) in [6.45, 7) is 3.68. The topological polar surface area (TPSA) is 46.0 Å². The molecule has 3 nitrogen and oxygen atoms in total. The molecule has 1 rings (SSSR count). The van der Waals surface area contributed by atoms with E-state index in [9.17, 15) is 0 Å². The molecule has 0 atom stereocenters. The van der Waals surface area contributed by atoms with Crippen LogP contribution in [0.1, 0.15) is 18.2 Å². The molecule has 0 radical (unpaired) electrons. The second kappa shape index (κ2) is 3.14. The summed E-state index contributed by atoms with van der Waals surface area (Å²) in [4.78, 5) is 7.60. The van der Waals surface area contributed by atoms with Crippen molar-refractivity contribution in [1.29, 1.82) is 0 Å². The van der Waals surface area contributed by atoms with Gasteiger partial charge in [-0.15, -0.1) is 0 Å². The van der Waals surface area contributed by atoms with Crippen LogP contribution in [0, 0.1) is 6.92 Å². The molecular weight excluding hydrogens is 140 g/mol. The summed E-state index contributed by atoms with van der Waals surface area (Å²) in [5.41, 5.74) is 1.48. The fourth-order valence-electron chi connectivity index (χ4n) is 0.780. The van der Waals surface area contributed by atoms with Gasteiger partial charge in [0.05, 0.1) is 5.69 Å². The highest BCUT2D eigenvalue weighted by Crippen LogP contribution is 2.14. The Kier molecular flexibility index (Phi) is 2.21. The smallest absolute Gasteiger partial charge is 0.217 e. The van der Waals surface area contributed by atoms with E-state index in [2.05, 4.69) is 9.97 Å². The minimum absolute atomic E-state index is 0.0492. The summed E-state index contributed by atoms with van der Waals surface area (Å²) >= 11 is 0. The first-order valence-corrected chi connectivity index (χ1v) is 3.39. The van der Waals surface area contributed by atoms with Gasteiger partial charge in [-0.25, -0.2) is 9.97 Å². The monoisotopic (exact) mass is 150 g/mol. The zero-order valence-electron chi connectivity index (χ0n) is 6.57. The average Bonchev–Trinajstić information content (AvgIpc) is 1.99. The highest BCUT2D eigenvalue weighted by atomic mass is 16.3. The molecule has 0 aromatic carbocycles. The van der Waals surface area contributed by atoms with Crippen molar-refractivity contribution in [3.05, 3.63) is 23.7 Å². The van der Waals surface area contributed by atoms with Crippen LogP contribution in [-0.4, -0.2) is 15.1 Å². The molecule has 11 heavy (non-hydrogen) atoms. The quantitative estimate of drug-likeness (QED) is 0.660. The van der Waals surface area contributed by atoms with Gasteiger partial charge in [-0.05, 0) is 19.9 Å². The van der Waals surface area contributed by atoms with E-state index in [1.54, 1.807) is 6.92 Å². The number of allylic oxidation sites excluding steroid dienone is 1. The van der Waals surface area contributed by atoms with Crippen LogP contribution < -0.4 is 0 Å². The molecule has 0 unspecified atom stereocenters. The number of nitrogens with zero attached hydrogens (tertiary/aromatic N) is 2. The number of aromatic hydroxyl groups is 1. The van der Waals surface area contributed by atoms with Gasteiger partial charge >= 0.3 is 0 Å². The molecule has 1 heterocycles. The number of hydrogen-bond donors (Lipinski definition) is 1. The summed E-state index contributed by atoms with van der Waals surface area (Å²) in [7, 11) is 0. The molecule has 0 aliphatic heterocycles. The average molecular weight is 150 g/mol. The predicted octanol–water partition coefficient (Wildman–Crippen LogP) is 1.52. The van der Waals surface area contributed by atoms with Crippen molar-refractivity contribution in [3.63, 3.8) is 0 Å². The Bertz CT molecular complexity index is 281. The molecule has 0 spiro atoms. The third-order valence-corrected chi connectivity index (χ3v) is 1.42. The third kappa shape index (κ3) is 1.55. The zero-order valence-corrected chi connectivity index (χ0v) is 6.57. The lowest BCUT2D eigenvalue weighted by atomic mass is 10.2. The highest BCUT2D eigenvalue weighted by Gasteiger charge is 2.00. The molecule has 58 valence electrons. The van der Waals surface area contributed by atoms with E-state index < -0.39 is 0 Å². The van der Waals surface area contributed by atoms with Gasteiger partial charge in [0, 0.05) is 5.56 Å². The third-order valence-electron chi connectivity index (χ3n) is 1.42. The van der Waals surface area contributed by atoms with Crippen molar-refractivity contribution >= 4 is 6.08 Å². The number of aromatic nitrogens is 2. The van der Waals surface area contributed by atoms with Gasteiger partial charge in [-0.2, -0.15) is 0 Å². The summed E-state index contributed by atoms with van der Waals surface area (Å²) in [5.74, 6) is 0.0492. The van der Waals surface area contributed by atoms with Crippen molar-refractivity contribution in [2.24, 2.45) is 0 Å². The van der Waals surface area contributed by atoms with Crippen molar-refractivity contribution in [2.45, 2.75) is 13.8 Å². The van der Waals surface area contributed by atoms with Gasteiger partial charge < -0.3 is 5.11 Å². The minimum Gasteiger partial charge on any atom is -0.493 e. The molecule has 0 fully saturated rings. The summed E-state index contributed by atoms with van der Waals surface area (Å²) in [6.07, 6.45) is 5.04. The number of hydrogen-bond acceptors (Lipinski definition) is 3. The van der Waals surface area contributed by atoms with Gasteiger partial charge in [-0.1, -0.05) is 6.08 Å². The maximum Gasteiger partial charge on any atom is 0.217 e. The SMILES string of the molecule is C/C=C\c1ncnc(O)c1C. The fourth-order valence-corrected chi connectivity index (χ4v) is 0.780. The van der Waals surface area contributed by atoms with Crippen LogP contribution >= 0.6 is 0 Å². The van der Waals surface area contributed by atoms with Gasteiger partial charge in [0.2, 0.25) is 5.88 Å². The molecule has 1 N–H and O–H groups in total. The van der Waals surface area contributed by atoms with Crippen LogP contribution in [0.15, 0.2) is 12.4 Å². The van der Waals surface area contributed by atoms with Gasteiger partial charge in [-0.3, -0.25) is 0 Å².